The van der Waals surface area contributed by atoms with Gasteiger partial charge in [0.2, 0.25) is 0 Å². The van der Waals surface area contributed by atoms with Gasteiger partial charge in [-0.25, -0.2) is 0 Å². The second kappa shape index (κ2) is 11.6. The fourth-order valence-electron chi connectivity index (χ4n) is 2.94. The van der Waals surface area contributed by atoms with Crippen LogP contribution in [-0.2, 0) is 9.59 Å². The van der Waals surface area contributed by atoms with E-state index in [-0.39, 0.29) is 35.2 Å². The molecule has 0 bridgehead atoms. The van der Waals surface area contributed by atoms with E-state index in [1.807, 2.05) is 25.1 Å². The van der Waals surface area contributed by atoms with Crippen molar-refractivity contribution in [1.29, 1.82) is 5.26 Å². The summed E-state index contributed by atoms with van der Waals surface area (Å²) in [7, 11) is 0. The SMILES string of the molecule is Cc1ccc(NC(=O)COc2ccc(Br)cc2/C=C(\C#N)C(=O)Nc2cccc([N+](=O)[O-])c2)cc1. The van der Waals surface area contributed by atoms with Crippen LogP contribution in [0.5, 0.6) is 5.75 Å². The number of carbonyl (C=O) groups excluding carboxylic acids is 2. The number of benzene rings is 3. The van der Waals surface area contributed by atoms with Gasteiger partial charge in [0.25, 0.3) is 17.5 Å². The fourth-order valence-corrected chi connectivity index (χ4v) is 3.32. The molecule has 2 amide bonds. The molecule has 0 fully saturated rings. The van der Waals surface area contributed by atoms with Crippen LogP contribution in [0.1, 0.15) is 11.1 Å². The lowest BCUT2D eigenvalue weighted by atomic mass is 10.1. The summed E-state index contributed by atoms with van der Waals surface area (Å²) in [6.45, 7) is 1.65. The van der Waals surface area contributed by atoms with Crippen molar-refractivity contribution in [2.24, 2.45) is 0 Å². The lowest BCUT2D eigenvalue weighted by Gasteiger charge is -2.11. The molecule has 2 N–H and O–H groups in total. The van der Waals surface area contributed by atoms with E-state index < -0.39 is 10.8 Å². The van der Waals surface area contributed by atoms with E-state index in [1.54, 1.807) is 30.3 Å². The van der Waals surface area contributed by atoms with Crippen molar-refractivity contribution < 1.29 is 19.2 Å². The number of rotatable bonds is 8. The molecule has 9 nitrogen and oxygen atoms in total. The first-order valence-corrected chi connectivity index (χ1v) is 11.0. The summed E-state index contributed by atoms with van der Waals surface area (Å²) in [4.78, 5) is 35.3. The Hall–Kier alpha value is -4.49. The van der Waals surface area contributed by atoms with Crippen molar-refractivity contribution >= 4 is 50.9 Å². The number of amides is 2. The van der Waals surface area contributed by atoms with Gasteiger partial charge in [-0.1, -0.05) is 39.7 Å². The molecule has 0 aliphatic heterocycles. The number of hydrogen-bond acceptors (Lipinski definition) is 6. The molecule has 3 rings (SSSR count). The van der Waals surface area contributed by atoms with Crippen LogP contribution in [0.25, 0.3) is 6.08 Å². The Morgan fingerprint density at radius 3 is 2.51 bits per heavy atom. The minimum absolute atomic E-state index is 0.170. The zero-order valence-corrected chi connectivity index (χ0v) is 20.0. The summed E-state index contributed by atoms with van der Waals surface area (Å²) >= 11 is 3.34. The summed E-state index contributed by atoms with van der Waals surface area (Å²) in [5.41, 5.74) is 1.79. The van der Waals surface area contributed by atoms with E-state index in [0.717, 1.165) is 5.56 Å². The number of anilines is 2. The predicted octanol–water partition coefficient (Wildman–Crippen LogP) is 5.23. The summed E-state index contributed by atoms with van der Waals surface area (Å²) in [6, 6.07) is 19.4. The molecular weight excluding hydrogens is 516 g/mol. The highest BCUT2D eigenvalue weighted by Crippen LogP contribution is 2.26. The van der Waals surface area contributed by atoms with Gasteiger partial charge in [-0.05, 0) is 49.4 Å². The van der Waals surface area contributed by atoms with Gasteiger partial charge in [0.15, 0.2) is 6.61 Å². The number of nitriles is 1. The highest BCUT2D eigenvalue weighted by Gasteiger charge is 2.14. The molecular formula is C25H19BrN4O5. The van der Waals surface area contributed by atoms with Crippen LogP contribution in [0.4, 0.5) is 17.1 Å². The molecule has 0 saturated carbocycles. The monoisotopic (exact) mass is 534 g/mol. The van der Waals surface area contributed by atoms with Gasteiger partial charge >= 0.3 is 0 Å². The molecule has 176 valence electrons. The highest BCUT2D eigenvalue weighted by atomic mass is 79.9. The number of nitro groups is 1. The quantitative estimate of drug-likeness (QED) is 0.176. The Morgan fingerprint density at radius 1 is 1.09 bits per heavy atom. The van der Waals surface area contributed by atoms with Crippen LogP contribution < -0.4 is 15.4 Å². The Morgan fingerprint density at radius 2 is 1.83 bits per heavy atom. The van der Waals surface area contributed by atoms with Crippen molar-refractivity contribution in [3.05, 3.63) is 98.0 Å². The number of nitrogens with one attached hydrogen (secondary N) is 2. The number of aryl methyl sites for hydroxylation is 1. The molecule has 0 radical (unpaired) electrons. The summed E-state index contributed by atoms with van der Waals surface area (Å²) in [5.74, 6) is -0.852. The van der Waals surface area contributed by atoms with Gasteiger partial charge < -0.3 is 15.4 Å². The fraction of sp³-hybridized carbons (Fsp3) is 0.0800. The van der Waals surface area contributed by atoms with E-state index in [9.17, 15) is 25.0 Å². The van der Waals surface area contributed by atoms with Gasteiger partial charge in [-0.2, -0.15) is 5.26 Å². The van der Waals surface area contributed by atoms with Crippen LogP contribution in [-0.4, -0.2) is 23.3 Å². The van der Waals surface area contributed by atoms with Crippen LogP contribution >= 0.6 is 15.9 Å². The molecule has 3 aromatic rings. The zero-order valence-electron chi connectivity index (χ0n) is 18.4. The number of halogens is 1. The van der Waals surface area contributed by atoms with Gasteiger partial charge in [0, 0.05) is 33.5 Å². The predicted molar refractivity (Wildman–Crippen MR) is 135 cm³/mol. The minimum Gasteiger partial charge on any atom is -0.483 e. The lowest BCUT2D eigenvalue weighted by Crippen LogP contribution is -2.20. The average Bonchev–Trinajstić information content (AvgIpc) is 2.83. The first-order chi connectivity index (χ1) is 16.7. The third-order valence-corrected chi connectivity index (χ3v) is 5.14. The third-order valence-electron chi connectivity index (χ3n) is 4.65. The van der Waals surface area contributed by atoms with Crippen molar-refractivity contribution in [3.63, 3.8) is 0 Å². The first kappa shape index (κ1) is 25.1. The van der Waals surface area contributed by atoms with Crippen molar-refractivity contribution in [2.45, 2.75) is 6.92 Å². The maximum absolute atomic E-state index is 12.6. The summed E-state index contributed by atoms with van der Waals surface area (Å²) in [6.07, 6.45) is 1.31. The second-order valence-electron chi connectivity index (χ2n) is 7.32. The summed E-state index contributed by atoms with van der Waals surface area (Å²) < 4.78 is 6.31. The Kier molecular flexibility index (Phi) is 8.32. The van der Waals surface area contributed by atoms with Crippen LogP contribution in [0.2, 0.25) is 0 Å². The highest BCUT2D eigenvalue weighted by molar-refractivity contribution is 9.10. The molecule has 0 saturated heterocycles. The number of carbonyl (C=O) groups is 2. The molecule has 0 atom stereocenters. The molecule has 0 aromatic heterocycles. The van der Waals surface area contributed by atoms with Gasteiger partial charge in [-0.3, -0.25) is 19.7 Å². The maximum atomic E-state index is 12.6. The topological polar surface area (TPSA) is 134 Å². The molecule has 10 heteroatoms. The van der Waals surface area contributed by atoms with Crippen LogP contribution in [0.15, 0.2) is 76.8 Å². The first-order valence-electron chi connectivity index (χ1n) is 10.2. The van der Waals surface area contributed by atoms with Crippen molar-refractivity contribution in [1.82, 2.24) is 0 Å². The number of nitrogens with zero attached hydrogens (tertiary/aromatic N) is 2. The molecule has 0 unspecified atom stereocenters. The van der Waals surface area contributed by atoms with E-state index in [0.29, 0.717) is 15.7 Å². The van der Waals surface area contributed by atoms with E-state index >= 15 is 0 Å². The van der Waals surface area contributed by atoms with E-state index in [1.165, 1.54) is 30.3 Å². The normalized spacial score (nSPS) is 10.7. The van der Waals surface area contributed by atoms with E-state index in [4.69, 9.17) is 4.74 Å². The lowest BCUT2D eigenvalue weighted by molar-refractivity contribution is -0.384. The minimum atomic E-state index is -0.754. The molecule has 0 aliphatic rings. The third kappa shape index (κ3) is 7.25. The van der Waals surface area contributed by atoms with E-state index in [2.05, 4.69) is 26.6 Å². The van der Waals surface area contributed by atoms with Crippen LogP contribution in [0, 0.1) is 28.4 Å². The van der Waals surface area contributed by atoms with Crippen LogP contribution in [0.3, 0.4) is 0 Å². The summed E-state index contributed by atoms with van der Waals surface area (Å²) in [5, 5.41) is 25.7. The standard InChI is InChI=1S/C25H19BrN4O5/c1-16-5-8-20(9-6-16)28-24(31)15-35-23-10-7-19(26)12-17(23)11-18(14-27)25(32)29-21-3-2-4-22(13-21)30(33)34/h2-13H,15H2,1H3,(H,28,31)(H,29,32)/b18-11+. The number of ether oxygens (including phenoxy) is 1. The average molecular weight is 535 g/mol. The Bertz CT molecular complexity index is 1350. The zero-order chi connectivity index (χ0) is 25.4. The van der Waals surface area contributed by atoms with Crippen molar-refractivity contribution in [3.8, 4) is 11.8 Å². The molecule has 0 aliphatic carbocycles. The Labute approximate surface area is 209 Å². The molecule has 3 aromatic carbocycles. The molecule has 0 heterocycles. The largest absolute Gasteiger partial charge is 0.483 e. The van der Waals surface area contributed by atoms with Gasteiger partial charge in [0.05, 0.1) is 4.92 Å². The maximum Gasteiger partial charge on any atom is 0.271 e. The molecule has 35 heavy (non-hydrogen) atoms. The smallest absolute Gasteiger partial charge is 0.271 e. The van der Waals surface area contributed by atoms with Gasteiger partial charge in [0.1, 0.15) is 17.4 Å². The Balaban J connectivity index is 1.75. The molecule has 0 spiro atoms. The second-order valence-corrected chi connectivity index (χ2v) is 8.23. The van der Waals surface area contributed by atoms with Crippen molar-refractivity contribution in [2.75, 3.05) is 17.2 Å². The van der Waals surface area contributed by atoms with Gasteiger partial charge in [-0.15, -0.1) is 0 Å². The number of nitro benzene ring substituents is 1. The number of hydrogen-bond donors (Lipinski definition) is 2. The number of non-ortho nitro benzene ring substituents is 1.